The fourth-order valence-corrected chi connectivity index (χ4v) is 2.00. The Morgan fingerprint density at radius 3 is 2.56 bits per heavy atom. The van der Waals surface area contributed by atoms with Gasteiger partial charge in [-0.1, -0.05) is 25.4 Å². The molecule has 0 radical (unpaired) electrons. The van der Waals surface area contributed by atoms with E-state index in [0.717, 1.165) is 24.1 Å². The fourth-order valence-electron chi connectivity index (χ4n) is 1.77. The zero-order chi connectivity index (χ0) is 13.5. The van der Waals surface area contributed by atoms with Crippen molar-refractivity contribution in [3.05, 3.63) is 28.8 Å². The monoisotopic (exact) mass is 268 g/mol. The number of amides is 1. The van der Waals surface area contributed by atoms with Crippen molar-refractivity contribution in [1.29, 1.82) is 0 Å². The summed E-state index contributed by atoms with van der Waals surface area (Å²) in [6.07, 6.45) is 1.92. The molecule has 2 N–H and O–H groups in total. The Morgan fingerprint density at radius 1 is 1.33 bits per heavy atom. The van der Waals surface area contributed by atoms with Crippen LogP contribution in [0.1, 0.15) is 32.3 Å². The van der Waals surface area contributed by atoms with Crippen LogP contribution in [0.2, 0.25) is 5.02 Å². The van der Waals surface area contributed by atoms with Crippen LogP contribution in [0.5, 0.6) is 0 Å². The van der Waals surface area contributed by atoms with Crippen molar-refractivity contribution in [2.45, 2.75) is 39.7 Å². The molecule has 0 aromatic heterocycles. The summed E-state index contributed by atoms with van der Waals surface area (Å²) in [5.41, 5.74) is 1.98. The first-order valence-corrected chi connectivity index (χ1v) is 6.74. The second-order valence-corrected chi connectivity index (χ2v) is 4.83. The van der Waals surface area contributed by atoms with Gasteiger partial charge >= 0.3 is 0 Å². The number of hydrogen-bond acceptors (Lipinski definition) is 2. The van der Waals surface area contributed by atoms with Crippen molar-refractivity contribution in [2.75, 3.05) is 11.9 Å². The number of halogens is 1. The van der Waals surface area contributed by atoms with Crippen LogP contribution in [-0.4, -0.2) is 18.5 Å². The van der Waals surface area contributed by atoms with E-state index in [-0.39, 0.29) is 11.9 Å². The summed E-state index contributed by atoms with van der Waals surface area (Å²) >= 11 is 5.88. The second kappa shape index (κ2) is 7.27. The highest BCUT2D eigenvalue weighted by molar-refractivity contribution is 6.30. The lowest BCUT2D eigenvalue weighted by Gasteiger charge is -2.16. The molecule has 1 rings (SSSR count). The van der Waals surface area contributed by atoms with Crippen LogP contribution in [0.3, 0.4) is 0 Å². The molecule has 4 heteroatoms. The van der Waals surface area contributed by atoms with Crippen molar-refractivity contribution >= 4 is 23.2 Å². The van der Waals surface area contributed by atoms with Crippen molar-refractivity contribution in [1.82, 2.24) is 5.32 Å². The molecule has 3 nitrogen and oxygen atoms in total. The Morgan fingerprint density at radius 2 is 2.00 bits per heavy atom. The molecule has 1 amide bonds. The molecule has 0 heterocycles. The van der Waals surface area contributed by atoms with E-state index in [2.05, 4.69) is 24.5 Å². The molecule has 1 aromatic rings. The molecule has 0 aliphatic heterocycles. The minimum absolute atomic E-state index is 0.0260. The van der Waals surface area contributed by atoms with Crippen LogP contribution in [-0.2, 0) is 4.79 Å². The molecule has 0 aliphatic carbocycles. The highest BCUT2D eigenvalue weighted by atomic mass is 35.5. The largest absolute Gasteiger partial charge is 0.376 e. The SMILES string of the molecule is CCC(CC)NC(=O)CNc1ccc(Cl)cc1C. The highest BCUT2D eigenvalue weighted by Gasteiger charge is 2.08. The van der Waals surface area contributed by atoms with E-state index < -0.39 is 0 Å². The smallest absolute Gasteiger partial charge is 0.239 e. The highest BCUT2D eigenvalue weighted by Crippen LogP contribution is 2.19. The van der Waals surface area contributed by atoms with Gasteiger partial charge in [-0.25, -0.2) is 0 Å². The minimum Gasteiger partial charge on any atom is -0.376 e. The lowest BCUT2D eigenvalue weighted by Crippen LogP contribution is -2.37. The maximum atomic E-state index is 11.7. The minimum atomic E-state index is 0.0260. The van der Waals surface area contributed by atoms with Gasteiger partial charge in [-0.3, -0.25) is 4.79 Å². The van der Waals surface area contributed by atoms with Crippen molar-refractivity contribution in [3.63, 3.8) is 0 Å². The van der Waals surface area contributed by atoms with E-state index in [9.17, 15) is 4.79 Å². The fraction of sp³-hybridized carbons (Fsp3) is 0.500. The normalized spacial score (nSPS) is 10.5. The summed E-state index contributed by atoms with van der Waals surface area (Å²) in [7, 11) is 0. The second-order valence-electron chi connectivity index (χ2n) is 4.39. The first-order chi connectivity index (χ1) is 8.56. The van der Waals surface area contributed by atoms with E-state index in [1.807, 2.05) is 25.1 Å². The average molecular weight is 269 g/mol. The molecule has 0 atom stereocenters. The van der Waals surface area contributed by atoms with Gasteiger partial charge in [0.15, 0.2) is 0 Å². The molecule has 0 bridgehead atoms. The molecule has 0 aliphatic rings. The van der Waals surface area contributed by atoms with Gasteiger partial charge in [0.05, 0.1) is 6.54 Å². The zero-order valence-electron chi connectivity index (χ0n) is 11.2. The molecule has 0 fully saturated rings. The number of hydrogen-bond donors (Lipinski definition) is 2. The summed E-state index contributed by atoms with van der Waals surface area (Å²) in [5, 5.41) is 6.82. The Bertz CT molecular complexity index is 403. The van der Waals surface area contributed by atoms with Crippen LogP contribution in [0.4, 0.5) is 5.69 Å². The third-order valence-electron chi connectivity index (χ3n) is 2.98. The van der Waals surface area contributed by atoms with Gasteiger partial charge in [0.2, 0.25) is 5.91 Å². The van der Waals surface area contributed by atoms with Crippen LogP contribution in [0, 0.1) is 6.92 Å². The summed E-state index contributed by atoms with van der Waals surface area (Å²) in [6.45, 7) is 6.41. The molecule has 0 unspecified atom stereocenters. The zero-order valence-corrected chi connectivity index (χ0v) is 12.0. The number of carbonyl (C=O) groups is 1. The van der Waals surface area contributed by atoms with E-state index in [1.54, 1.807) is 0 Å². The van der Waals surface area contributed by atoms with Gasteiger partial charge in [-0.05, 0) is 43.5 Å². The van der Waals surface area contributed by atoms with Gasteiger partial charge < -0.3 is 10.6 Å². The van der Waals surface area contributed by atoms with Crippen LogP contribution in [0.15, 0.2) is 18.2 Å². The van der Waals surface area contributed by atoms with Gasteiger partial charge in [0.25, 0.3) is 0 Å². The Balaban J connectivity index is 2.47. The van der Waals surface area contributed by atoms with E-state index >= 15 is 0 Å². The molecule has 18 heavy (non-hydrogen) atoms. The van der Waals surface area contributed by atoms with Gasteiger partial charge in [-0.15, -0.1) is 0 Å². The molecule has 0 spiro atoms. The summed E-state index contributed by atoms with van der Waals surface area (Å²) in [6, 6.07) is 5.85. The van der Waals surface area contributed by atoms with Gasteiger partial charge in [0, 0.05) is 16.8 Å². The first kappa shape index (κ1) is 14.8. The quantitative estimate of drug-likeness (QED) is 0.831. The standard InChI is InChI=1S/C14H21ClN2O/c1-4-12(5-2)17-14(18)9-16-13-7-6-11(15)8-10(13)3/h6-8,12,16H,4-5,9H2,1-3H3,(H,17,18). The first-order valence-electron chi connectivity index (χ1n) is 6.36. The molecule has 100 valence electrons. The summed E-state index contributed by atoms with van der Waals surface area (Å²) < 4.78 is 0. The number of rotatable bonds is 6. The Labute approximate surface area is 114 Å². The average Bonchev–Trinajstić information content (AvgIpc) is 2.35. The predicted octanol–water partition coefficient (Wildman–Crippen LogP) is 3.37. The Hall–Kier alpha value is -1.22. The lowest BCUT2D eigenvalue weighted by atomic mass is 10.1. The molecule has 0 saturated carbocycles. The molecular formula is C14H21ClN2O. The number of carbonyl (C=O) groups excluding carboxylic acids is 1. The number of nitrogens with one attached hydrogen (secondary N) is 2. The van der Waals surface area contributed by atoms with E-state index in [4.69, 9.17) is 11.6 Å². The number of aryl methyl sites for hydroxylation is 1. The Kier molecular flexibility index (Phi) is 5.99. The van der Waals surface area contributed by atoms with E-state index in [1.165, 1.54) is 0 Å². The van der Waals surface area contributed by atoms with Crippen LogP contribution >= 0.6 is 11.6 Å². The predicted molar refractivity (Wildman–Crippen MR) is 77.2 cm³/mol. The maximum absolute atomic E-state index is 11.7. The van der Waals surface area contributed by atoms with Gasteiger partial charge in [0.1, 0.15) is 0 Å². The molecular weight excluding hydrogens is 248 g/mol. The van der Waals surface area contributed by atoms with E-state index in [0.29, 0.717) is 11.6 Å². The van der Waals surface area contributed by atoms with Gasteiger partial charge in [-0.2, -0.15) is 0 Å². The van der Waals surface area contributed by atoms with Crippen LogP contribution in [0.25, 0.3) is 0 Å². The molecule has 0 saturated heterocycles. The summed E-state index contributed by atoms with van der Waals surface area (Å²) in [5.74, 6) is 0.0260. The third kappa shape index (κ3) is 4.57. The van der Waals surface area contributed by atoms with Crippen molar-refractivity contribution in [2.24, 2.45) is 0 Å². The summed E-state index contributed by atoms with van der Waals surface area (Å²) in [4.78, 5) is 11.7. The number of benzene rings is 1. The van der Waals surface area contributed by atoms with Crippen molar-refractivity contribution < 1.29 is 4.79 Å². The number of anilines is 1. The van der Waals surface area contributed by atoms with Crippen LogP contribution < -0.4 is 10.6 Å². The lowest BCUT2D eigenvalue weighted by molar-refractivity contribution is -0.120. The maximum Gasteiger partial charge on any atom is 0.239 e. The molecule has 1 aromatic carbocycles. The third-order valence-corrected chi connectivity index (χ3v) is 3.21. The topological polar surface area (TPSA) is 41.1 Å². The van der Waals surface area contributed by atoms with Crippen molar-refractivity contribution in [3.8, 4) is 0 Å².